The zero-order chi connectivity index (χ0) is 17.2. The first kappa shape index (κ1) is 16.8. The maximum Gasteiger partial charge on any atom is 0.451 e. The van der Waals surface area contributed by atoms with Gasteiger partial charge in [-0.3, -0.25) is 0 Å². The number of hydrogen-bond donors (Lipinski definition) is 0. The summed E-state index contributed by atoms with van der Waals surface area (Å²) in [5.74, 6) is -4.95. The highest BCUT2D eigenvalue weighted by Gasteiger charge is 2.36. The molecular formula is C14H9F5N2O2. The van der Waals surface area contributed by atoms with E-state index in [-0.39, 0.29) is 17.7 Å². The lowest BCUT2D eigenvalue weighted by Gasteiger charge is -2.11. The van der Waals surface area contributed by atoms with Crippen LogP contribution in [0.3, 0.4) is 0 Å². The second kappa shape index (κ2) is 6.27. The molecule has 0 unspecified atom stereocenters. The Hall–Kier alpha value is -2.58. The van der Waals surface area contributed by atoms with Crippen LogP contribution in [0.15, 0.2) is 24.4 Å². The third-order valence-electron chi connectivity index (χ3n) is 2.73. The van der Waals surface area contributed by atoms with Crippen molar-refractivity contribution in [1.29, 1.82) is 0 Å². The molecule has 0 aliphatic heterocycles. The van der Waals surface area contributed by atoms with Crippen LogP contribution in [0.1, 0.15) is 23.1 Å². The molecule has 122 valence electrons. The minimum Gasteiger partial charge on any atom is -0.462 e. The van der Waals surface area contributed by atoms with E-state index in [1.807, 2.05) is 0 Å². The molecule has 0 N–H and O–H groups in total. The Morgan fingerprint density at radius 2 is 1.91 bits per heavy atom. The highest BCUT2D eigenvalue weighted by atomic mass is 19.4. The normalized spacial score (nSPS) is 11.4. The fraction of sp³-hybridized carbons (Fsp3) is 0.214. The fourth-order valence-corrected chi connectivity index (χ4v) is 1.74. The monoisotopic (exact) mass is 332 g/mol. The van der Waals surface area contributed by atoms with E-state index < -0.39 is 35.3 Å². The number of nitrogens with zero attached hydrogens (tertiary/aromatic N) is 2. The van der Waals surface area contributed by atoms with E-state index in [2.05, 4.69) is 9.97 Å². The summed E-state index contributed by atoms with van der Waals surface area (Å²) in [6.07, 6.45) is -4.22. The van der Waals surface area contributed by atoms with Gasteiger partial charge in [0.1, 0.15) is 5.56 Å². The minimum absolute atomic E-state index is 0.0307. The molecule has 0 atom stereocenters. The predicted octanol–water partition coefficient (Wildman–Crippen LogP) is 3.62. The van der Waals surface area contributed by atoms with E-state index in [4.69, 9.17) is 4.74 Å². The van der Waals surface area contributed by atoms with Crippen LogP contribution in [-0.4, -0.2) is 22.5 Å². The van der Waals surface area contributed by atoms with Crippen LogP contribution in [0.5, 0.6) is 0 Å². The fourth-order valence-electron chi connectivity index (χ4n) is 1.74. The van der Waals surface area contributed by atoms with E-state index in [9.17, 15) is 26.7 Å². The summed E-state index contributed by atoms with van der Waals surface area (Å²) in [4.78, 5) is 18.1. The van der Waals surface area contributed by atoms with Crippen molar-refractivity contribution in [2.45, 2.75) is 13.1 Å². The predicted molar refractivity (Wildman–Crippen MR) is 68.3 cm³/mol. The van der Waals surface area contributed by atoms with Gasteiger partial charge in [0, 0.05) is 11.8 Å². The second-order valence-corrected chi connectivity index (χ2v) is 4.30. The van der Waals surface area contributed by atoms with Crippen LogP contribution in [0.4, 0.5) is 22.0 Å². The van der Waals surface area contributed by atoms with Gasteiger partial charge in [-0.25, -0.2) is 23.5 Å². The number of ether oxygens (including phenoxy) is 1. The van der Waals surface area contributed by atoms with Gasteiger partial charge < -0.3 is 4.74 Å². The van der Waals surface area contributed by atoms with Crippen LogP contribution in [-0.2, 0) is 10.9 Å². The van der Waals surface area contributed by atoms with E-state index in [0.717, 1.165) is 12.1 Å². The van der Waals surface area contributed by atoms with E-state index >= 15 is 0 Å². The number of halogens is 5. The second-order valence-electron chi connectivity index (χ2n) is 4.30. The zero-order valence-corrected chi connectivity index (χ0v) is 11.6. The van der Waals surface area contributed by atoms with Gasteiger partial charge >= 0.3 is 12.1 Å². The maximum absolute atomic E-state index is 13.3. The van der Waals surface area contributed by atoms with Crippen molar-refractivity contribution in [3.05, 3.63) is 47.4 Å². The topological polar surface area (TPSA) is 52.1 Å². The molecule has 23 heavy (non-hydrogen) atoms. The van der Waals surface area contributed by atoms with Crippen LogP contribution < -0.4 is 0 Å². The quantitative estimate of drug-likeness (QED) is 0.636. The molecule has 0 bridgehead atoms. The average Bonchev–Trinajstić information content (AvgIpc) is 2.49. The molecule has 2 aromatic rings. The highest BCUT2D eigenvalue weighted by Crippen LogP contribution is 2.30. The maximum atomic E-state index is 13.3. The number of esters is 1. The number of hydrogen-bond acceptors (Lipinski definition) is 4. The summed E-state index contributed by atoms with van der Waals surface area (Å²) in [7, 11) is 0. The van der Waals surface area contributed by atoms with Crippen molar-refractivity contribution in [2.24, 2.45) is 0 Å². The Morgan fingerprint density at radius 1 is 1.22 bits per heavy atom. The summed E-state index contributed by atoms with van der Waals surface area (Å²) in [6.45, 7) is 1.47. The van der Waals surface area contributed by atoms with E-state index in [0.29, 0.717) is 12.3 Å². The first-order valence-corrected chi connectivity index (χ1v) is 6.30. The van der Waals surface area contributed by atoms with Gasteiger partial charge in [-0.15, -0.1) is 0 Å². The number of benzene rings is 1. The smallest absolute Gasteiger partial charge is 0.451 e. The van der Waals surface area contributed by atoms with Gasteiger partial charge in [0.05, 0.1) is 12.3 Å². The summed E-state index contributed by atoms with van der Waals surface area (Å²) in [5.41, 5.74) is -1.09. The molecule has 0 spiro atoms. The number of aromatic nitrogens is 2. The van der Waals surface area contributed by atoms with E-state index in [1.165, 1.54) is 6.92 Å². The molecule has 0 aliphatic rings. The molecule has 0 saturated heterocycles. The Balaban J connectivity index is 2.64. The lowest BCUT2D eigenvalue weighted by molar-refractivity contribution is -0.144. The van der Waals surface area contributed by atoms with Crippen molar-refractivity contribution in [3.8, 4) is 11.3 Å². The molecular weight excluding hydrogens is 323 g/mol. The summed E-state index contributed by atoms with van der Waals surface area (Å²) in [5, 5.41) is 0. The zero-order valence-electron chi connectivity index (χ0n) is 11.6. The Morgan fingerprint density at radius 3 is 2.48 bits per heavy atom. The number of rotatable bonds is 3. The van der Waals surface area contributed by atoms with Crippen molar-refractivity contribution in [2.75, 3.05) is 6.61 Å². The standard InChI is InChI=1S/C14H9F5N2O2/c1-2-23-12(22)8-6-20-13(14(17,18)19)21-11(8)7-3-4-9(15)10(16)5-7/h3-6H,2H2,1H3. The van der Waals surface area contributed by atoms with Gasteiger partial charge in [0.2, 0.25) is 5.82 Å². The lowest BCUT2D eigenvalue weighted by Crippen LogP contribution is -2.15. The third-order valence-corrected chi connectivity index (χ3v) is 2.73. The molecule has 0 amide bonds. The lowest BCUT2D eigenvalue weighted by atomic mass is 10.1. The van der Waals surface area contributed by atoms with E-state index in [1.54, 1.807) is 0 Å². The van der Waals surface area contributed by atoms with Crippen molar-refractivity contribution >= 4 is 5.97 Å². The number of carbonyl (C=O) groups excluding carboxylic acids is 1. The van der Waals surface area contributed by atoms with Crippen LogP contribution in [0.2, 0.25) is 0 Å². The van der Waals surface area contributed by atoms with Crippen LogP contribution >= 0.6 is 0 Å². The Bertz CT molecular complexity index is 746. The van der Waals surface area contributed by atoms with Gasteiger partial charge in [0.15, 0.2) is 11.6 Å². The molecule has 0 saturated carbocycles. The average molecular weight is 332 g/mol. The Kier molecular flexibility index (Phi) is 4.57. The summed E-state index contributed by atoms with van der Waals surface area (Å²) in [6, 6.07) is 2.36. The van der Waals surface area contributed by atoms with Crippen LogP contribution in [0, 0.1) is 11.6 Å². The number of alkyl halides is 3. The molecule has 1 aromatic carbocycles. The molecule has 1 heterocycles. The number of carbonyl (C=O) groups is 1. The molecule has 0 radical (unpaired) electrons. The van der Waals surface area contributed by atoms with Crippen molar-refractivity contribution < 1.29 is 31.5 Å². The first-order valence-electron chi connectivity index (χ1n) is 6.30. The third kappa shape index (κ3) is 3.61. The van der Waals surface area contributed by atoms with Crippen LogP contribution in [0.25, 0.3) is 11.3 Å². The molecule has 4 nitrogen and oxygen atoms in total. The molecule has 0 fully saturated rings. The van der Waals surface area contributed by atoms with Gasteiger partial charge in [-0.05, 0) is 25.1 Å². The molecule has 2 rings (SSSR count). The highest BCUT2D eigenvalue weighted by molar-refractivity contribution is 5.95. The Labute approximate surface area is 126 Å². The molecule has 0 aliphatic carbocycles. The van der Waals surface area contributed by atoms with Crippen molar-refractivity contribution in [3.63, 3.8) is 0 Å². The van der Waals surface area contributed by atoms with Gasteiger partial charge in [-0.1, -0.05) is 0 Å². The minimum atomic E-state index is -4.86. The molecule has 9 heteroatoms. The van der Waals surface area contributed by atoms with Crippen molar-refractivity contribution in [1.82, 2.24) is 9.97 Å². The molecule has 1 aromatic heterocycles. The largest absolute Gasteiger partial charge is 0.462 e. The summed E-state index contributed by atoms with van der Waals surface area (Å²) >= 11 is 0. The van der Waals surface area contributed by atoms with Gasteiger partial charge in [-0.2, -0.15) is 13.2 Å². The van der Waals surface area contributed by atoms with Gasteiger partial charge in [0.25, 0.3) is 0 Å². The first-order chi connectivity index (χ1) is 10.7. The SMILES string of the molecule is CCOC(=O)c1cnc(C(F)(F)F)nc1-c1ccc(F)c(F)c1. The summed E-state index contributed by atoms with van der Waals surface area (Å²) < 4.78 is 69.2.